The van der Waals surface area contributed by atoms with Crippen LogP contribution in [0.25, 0.3) is 22.3 Å². The summed E-state index contributed by atoms with van der Waals surface area (Å²) < 4.78 is 7.60. The van der Waals surface area contributed by atoms with Gasteiger partial charge in [0, 0.05) is 25.7 Å². The number of likely N-dealkylation sites (N-methyl/N-ethyl adjacent to an activating group) is 2. The quantitative estimate of drug-likeness (QED) is 0.243. The number of aromatic nitrogens is 4. The van der Waals surface area contributed by atoms with Crippen molar-refractivity contribution in [3.63, 3.8) is 0 Å². The number of hydrogen-bond acceptors (Lipinski definition) is 7. The van der Waals surface area contributed by atoms with Crippen molar-refractivity contribution in [3.05, 3.63) is 73.1 Å². The van der Waals surface area contributed by atoms with E-state index in [0.29, 0.717) is 35.6 Å². The molecule has 2 heterocycles. The lowest BCUT2D eigenvalue weighted by Gasteiger charge is -2.10. The van der Waals surface area contributed by atoms with Crippen molar-refractivity contribution < 1.29 is 9.53 Å². The number of nitrogen functional groups attached to an aromatic ring is 1. The molecular formula is C29H39N7O2. The number of nitrogens with zero attached hydrogens (tertiary/aromatic N) is 6. The monoisotopic (exact) mass is 517 g/mol. The molecule has 2 aromatic carbocycles. The van der Waals surface area contributed by atoms with Gasteiger partial charge in [-0.2, -0.15) is 5.10 Å². The van der Waals surface area contributed by atoms with Crippen LogP contribution in [0.2, 0.25) is 0 Å². The Morgan fingerprint density at radius 3 is 2.21 bits per heavy atom. The van der Waals surface area contributed by atoms with Crippen LogP contribution < -0.4 is 10.5 Å². The van der Waals surface area contributed by atoms with E-state index >= 15 is 0 Å². The number of benzene rings is 2. The van der Waals surface area contributed by atoms with Crippen molar-refractivity contribution in [3.8, 4) is 22.8 Å². The van der Waals surface area contributed by atoms with Crippen LogP contribution in [-0.2, 0) is 11.3 Å². The minimum atomic E-state index is 0.365. The minimum Gasteiger partial charge on any atom is -0.457 e. The Hall–Kier alpha value is -4.24. The van der Waals surface area contributed by atoms with Crippen LogP contribution in [0.5, 0.6) is 11.5 Å². The normalized spacial score (nSPS) is 10.5. The number of carbonyl (C=O) groups is 1. The molecule has 0 aliphatic rings. The first-order valence-electron chi connectivity index (χ1n) is 12.6. The number of carbonyl (C=O) groups excluding carboxylic acids is 1. The molecule has 202 valence electrons. The van der Waals surface area contributed by atoms with Gasteiger partial charge in [0.2, 0.25) is 6.41 Å². The topological polar surface area (TPSA) is 102 Å². The average Bonchev–Trinajstić information content (AvgIpc) is 3.33. The first kappa shape index (κ1) is 30.0. The van der Waals surface area contributed by atoms with Gasteiger partial charge in [-0.15, -0.1) is 0 Å². The van der Waals surface area contributed by atoms with Crippen LogP contribution >= 0.6 is 0 Å². The second kappa shape index (κ2) is 15.8. The van der Waals surface area contributed by atoms with Crippen molar-refractivity contribution in [2.45, 2.75) is 27.3 Å². The zero-order valence-corrected chi connectivity index (χ0v) is 23.2. The molecular weight excluding hydrogens is 478 g/mol. The predicted molar refractivity (Wildman–Crippen MR) is 155 cm³/mol. The Morgan fingerprint density at radius 2 is 1.63 bits per heavy atom. The summed E-state index contributed by atoms with van der Waals surface area (Å²) in [6, 6.07) is 17.2. The number of allylic oxidation sites excluding steroid dienone is 1. The molecule has 9 heteroatoms. The molecule has 0 aliphatic carbocycles. The van der Waals surface area contributed by atoms with Gasteiger partial charge in [0.15, 0.2) is 5.65 Å². The molecule has 4 rings (SSSR count). The molecule has 0 atom stereocenters. The fourth-order valence-electron chi connectivity index (χ4n) is 3.32. The van der Waals surface area contributed by atoms with Crippen LogP contribution in [0.15, 0.2) is 73.1 Å². The molecule has 0 saturated carbocycles. The Labute approximate surface area is 225 Å². The van der Waals surface area contributed by atoms with Gasteiger partial charge in [0.05, 0.1) is 11.9 Å². The third-order valence-electron chi connectivity index (χ3n) is 5.22. The van der Waals surface area contributed by atoms with E-state index < -0.39 is 0 Å². The van der Waals surface area contributed by atoms with Gasteiger partial charge in [-0.25, -0.2) is 14.6 Å². The summed E-state index contributed by atoms with van der Waals surface area (Å²) in [6.45, 7) is 8.09. The fourth-order valence-corrected chi connectivity index (χ4v) is 3.32. The summed E-state index contributed by atoms with van der Waals surface area (Å²) >= 11 is 0. The molecule has 0 spiro atoms. The molecule has 0 saturated heterocycles. The predicted octanol–water partition coefficient (Wildman–Crippen LogP) is 5.11. The van der Waals surface area contributed by atoms with Crippen LogP contribution in [0.1, 0.15) is 20.8 Å². The Balaban J connectivity index is 0.000000491. The highest BCUT2D eigenvalue weighted by Crippen LogP contribution is 2.31. The van der Waals surface area contributed by atoms with E-state index in [1.807, 2.05) is 75.4 Å². The van der Waals surface area contributed by atoms with Crippen LogP contribution in [0.3, 0.4) is 0 Å². The molecule has 2 N–H and O–H groups in total. The number of amides is 1. The highest BCUT2D eigenvalue weighted by atomic mass is 16.5. The second-order valence-corrected chi connectivity index (χ2v) is 8.39. The van der Waals surface area contributed by atoms with E-state index in [1.54, 1.807) is 16.6 Å². The smallest absolute Gasteiger partial charge is 0.209 e. The van der Waals surface area contributed by atoms with Crippen molar-refractivity contribution in [2.75, 3.05) is 40.0 Å². The van der Waals surface area contributed by atoms with E-state index in [2.05, 4.69) is 41.1 Å². The zero-order chi connectivity index (χ0) is 27.9. The number of ether oxygens (including phenoxy) is 1. The summed E-state index contributed by atoms with van der Waals surface area (Å²) in [6.07, 6.45) is 6.38. The minimum absolute atomic E-state index is 0.365. The van der Waals surface area contributed by atoms with Gasteiger partial charge in [-0.05, 0) is 57.4 Å². The lowest BCUT2D eigenvalue weighted by molar-refractivity contribution is -0.117. The molecule has 9 nitrogen and oxygen atoms in total. The molecule has 4 aromatic rings. The van der Waals surface area contributed by atoms with Crippen molar-refractivity contribution in [1.82, 2.24) is 29.5 Å². The van der Waals surface area contributed by atoms with Crippen LogP contribution in [-0.4, -0.2) is 70.2 Å². The van der Waals surface area contributed by atoms with Crippen LogP contribution in [0.4, 0.5) is 5.82 Å². The zero-order valence-electron chi connectivity index (χ0n) is 23.2. The largest absolute Gasteiger partial charge is 0.457 e. The molecule has 0 unspecified atom stereocenters. The number of fused-ring (bicyclic) bond motifs is 1. The molecule has 2 aromatic heterocycles. The van der Waals surface area contributed by atoms with E-state index in [1.165, 1.54) is 6.33 Å². The average molecular weight is 518 g/mol. The second-order valence-electron chi connectivity index (χ2n) is 8.39. The Kier molecular flexibility index (Phi) is 12.5. The van der Waals surface area contributed by atoms with Gasteiger partial charge in [0.1, 0.15) is 29.3 Å². The third kappa shape index (κ3) is 8.70. The Bertz CT molecular complexity index is 1270. The SMILES string of the molecule is C/C=C/CN(C)C.CC.CN(C=O)CCn1nc(-c2ccc(Oc3ccccc3)cc2)c2c(N)ncnc21. The highest BCUT2D eigenvalue weighted by molar-refractivity contribution is 5.98. The maximum atomic E-state index is 10.9. The molecule has 0 fully saturated rings. The van der Waals surface area contributed by atoms with Crippen molar-refractivity contribution in [2.24, 2.45) is 0 Å². The Morgan fingerprint density at radius 1 is 0.974 bits per heavy atom. The number of para-hydroxylation sites is 1. The van der Waals surface area contributed by atoms with Gasteiger partial charge in [0.25, 0.3) is 0 Å². The number of anilines is 1. The lowest BCUT2D eigenvalue weighted by Crippen LogP contribution is -2.22. The molecule has 38 heavy (non-hydrogen) atoms. The fraction of sp³-hybridized carbons (Fsp3) is 0.310. The molecule has 0 aliphatic heterocycles. The summed E-state index contributed by atoms with van der Waals surface area (Å²) in [5.74, 6) is 1.86. The standard InChI is InChI=1S/C21H20N6O2.C6H13N.C2H6/c1-26(14-28)11-12-27-21-18(20(22)23-13-24-21)19(25-27)15-7-9-17(10-8-15)29-16-5-3-2-4-6-16;1-4-5-6-7(2)3;1-2/h2-10,13-14H,11-12H2,1H3,(H2,22,23,24);4-5H,6H2,1-3H3;1-2H3/b;5-4+;. The summed E-state index contributed by atoms with van der Waals surface area (Å²) in [7, 11) is 5.83. The first-order valence-corrected chi connectivity index (χ1v) is 12.6. The van der Waals surface area contributed by atoms with Gasteiger partial charge < -0.3 is 20.3 Å². The summed E-state index contributed by atoms with van der Waals surface area (Å²) in [5, 5.41) is 5.38. The van der Waals surface area contributed by atoms with E-state index in [4.69, 9.17) is 15.6 Å². The van der Waals surface area contributed by atoms with Gasteiger partial charge in [-0.3, -0.25) is 4.79 Å². The lowest BCUT2D eigenvalue weighted by atomic mass is 10.1. The maximum absolute atomic E-state index is 10.9. The summed E-state index contributed by atoms with van der Waals surface area (Å²) in [5.41, 5.74) is 8.33. The molecule has 1 amide bonds. The first-order chi connectivity index (χ1) is 18.4. The number of rotatable bonds is 9. The van der Waals surface area contributed by atoms with E-state index in [0.717, 1.165) is 30.0 Å². The third-order valence-corrected chi connectivity index (χ3v) is 5.22. The molecule has 0 bridgehead atoms. The van der Waals surface area contributed by atoms with Crippen molar-refractivity contribution in [1.29, 1.82) is 0 Å². The van der Waals surface area contributed by atoms with Crippen molar-refractivity contribution >= 4 is 23.3 Å². The van der Waals surface area contributed by atoms with Crippen LogP contribution in [0, 0.1) is 0 Å². The maximum Gasteiger partial charge on any atom is 0.209 e. The highest BCUT2D eigenvalue weighted by Gasteiger charge is 2.17. The number of nitrogens with two attached hydrogens (primary N) is 1. The van der Waals surface area contributed by atoms with E-state index in [-0.39, 0.29) is 0 Å². The summed E-state index contributed by atoms with van der Waals surface area (Å²) in [4.78, 5) is 23.0. The molecule has 0 radical (unpaired) electrons. The van der Waals surface area contributed by atoms with Gasteiger partial charge >= 0.3 is 0 Å². The number of hydrogen-bond donors (Lipinski definition) is 1. The van der Waals surface area contributed by atoms with E-state index in [9.17, 15) is 4.79 Å². The van der Waals surface area contributed by atoms with Gasteiger partial charge in [-0.1, -0.05) is 44.2 Å².